The van der Waals surface area contributed by atoms with E-state index in [2.05, 4.69) is 44.2 Å². The number of hydrogen-bond donors (Lipinski definition) is 0. The van der Waals surface area contributed by atoms with Crippen molar-refractivity contribution in [2.24, 2.45) is 0 Å². The van der Waals surface area contributed by atoms with E-state index in [-0.39, 0.29) is 8.15 Å². The third kappa shape index (κ3) is 6.81. The maximum absolute atomic E-state index is 6.01. The van der Waals surface area contributed by atoms with Crippen LogP contribution in [0.5, 0.6) is 0 Å². The zero-order valence-electron chi connectivity index (χ0n) is 11.2. The molecular weight excluding hydrogens is 227 g/mol. The van der Waals surface area contributed by atoms with E-state index in [9.17, 15) is 0 Å². The van der Waals surface area contributed by atoms with Gasteiger partial charge in [0.15, 0.2) is 0 Å². The lowest BCUT2D eigenvalue weighted by Gasteiger charge is -2.16. The average Bonchev–Trinajstić information content (AvgIpc) is 2.36. The van der Waals surface area contributed by atoms with Gasteiger partial charge in [0.1, 0.15) is 0 Å². The predicted molar refractivity (Wildman–Crippen MR) is 78.0 cm³/mol. The van der Waals surface area contributed by atoms with Gasteiger partial charge in [-0.1, -0.05) is 57.0 Å². The maximum atomic E-state index is 6.01. The van der Waals surface area contributed by atoms with E-state index in [0.29, 0.717) is 0 Å². The molecule has 0 aliphatic rings. The minimum Gasteiger partial charge on any atom is -0.359 e. The second kappa shape index (κ2) is 9.62. The molecule has 0 radical (unpaired) electrons. The van der Waals surface area contributed by atoms with Gasteiger partial charge in [-0.3, -0.25) is 0 Å². The van der Waals surface area contributed by atoms with Gasteiger partial charge in [0, 0.05) is 8.15 Å². The van der Waals surface area contributed by atoms with E-state index in [0.717, 1.165) is 19.4 Å². The Labute approximate surface area is 107 Å². The number of aryl methyl sites for hydroxylation is 1. The van der Waals surface area contributed by atoms with E-state index in [1.54, 1.807) is 0 Å². The van der Waals surface area contributed by atoms with Gasteiger partial charge in [-0.05, 0) is 30.7 Å². The highest BCUT2D eigenvalue weighted by atomic mass is 31.1. The van der Waals surface area contributed by atoms with Crippen LogP contribution in [0.4, 0.5) is 0 Å². The summed E-state index contributed by atoms with van der Waals surface area (Å²) in [4.78, 5) is 0. The minimum atomic E-state index is -0.141. The second-order valence-electron chi connectivity index (χ2n) is 4.35. The first kappa shape index (κ1) is 14.7. The third-order valence-electron chi connectivity index (χ3n) is 2.67. The van der Waals surface area contributed by atoms with Gasteiger partial charge in [0.05, 0.1) is 6.61 Å². The van der Waals surface area contributed by atoms with Crippen LogP contribution in [-0.2, 0) is 10.9 Å². The first-order valence-corrected chi connectivity index (χ1v) is 8.41. The molecule has 1 aromatic carbocycles. The summed E-state index contributed by atoms with van der Waals surface area (Å²) in [6.07, 6.45) is 7.34. The molecule has 0 saturated carbocycles. The fourth-order valence-corrected chi connectivity index (χ4v) is 3.72. The lowest BCUT2D eigenvalue weighted by Crippen LogP contribution is -1.98. The standard InChI is InChI=1S/C15H25OP/c1-3-13-17(14-4-2)16-12-8-11-15-9-6-5-7-10-15/h5-7,9-10H,3-4,8,11-14H2,1-2H3. The number of hydrogen-bond acceptors (Lipinski definition) is 1. The zero-order valence-corrected chi connectivity index (χ0v) is 12.1. The summed E-state index contributed by atoms with van der Waals surface area (Å²) in [6, 6.07) is 10.7. The zero-order chi connectivity index (χ0) is 12.3. The largest absolute Gasteiger partial charge is 0.359 e. The van der Waals surface area contributed by atoms with Crippen LogP contribution in [0.15, 0.2) is 30.3 Å². The summed E-state index contributed by atoms with van der Waals surface area (Å²) in [5.41, 5.74) is 1.42. The Morgan fingerprint density at radius 3 is 2.24 bits per heavy atom. The molecule has 0 aliphatic carbocycles. The average molecular weight is 252 g/mol. The third-order valence-corrected chi connectivity index (χ3v) is 5.11. The van der Waals surface area contributed by atoms with Crippen LogP contribution in [0, 0.1) is 0 Å². The van der Waals surface area contributed by atoms with Gasteiger partial charge in [-0.25, -0.2) is 0 Å². The van der Waals surface area contributed by atoms with Crippen LogP contribution in [0.3, 0.4) is 0 Å². The molecule has 0 bridgehead atoms. The molecule has 96 valence electrons. The normalized spacial score (nSPS) is 11.0. The smallest absolute Gasteiger partial charge is 0.0512 e. The summed E-state index contributed by atoms with van der Waals surface area (Å²) in [7, 11) is -0.141. The summed E-state index contributed by atoms with van der Waals surface area (Å²) in [6.45, 7) is 5.43. The van der Waals surface area contributed by atoms with Gasteiger partial charge < -0.3 is 4.52 Å². The molecular formula is C15H25OP. The molecule has 0 aromatic heterocycles. The molecule has 2 heteroatoms. The topological polar surface area (TPSA) is 9.23 Å². The molecule has 0 unspecified atom stereocenters. The molecule has 17 heavy (non-hydrogen) atoms. The molecule has 0 heterocycles. The fourth-order valence-electron chi connectivity index (χ4n) is 1.85. The molecule has 0 spiro atoms. The Balaban J connectivity index is 2.13. The van der Waals surface area contributed by atoms with Crippen LogP contribution < -0.4 is 0 Å². The molecule has 0 aliphatic heterocycles. The summed E-state index contributed by atoms with van der Waals surface area (Å²) in [5.74, 6) is 0. The van der Waals surface area contributed by atoms with Crippen molar-refractivity contribution in [3.8, 4) is 0 Å². The van der Waals surface area contributed by atoms with E-state index < -0.39 is 0 Å². The predicted octanol–water partition coefficient (Wildman–Crippen LogP) is 4.85. The number of benzene rings is 1. The van der Waals surface area contributed by atoms with E-state index in [4.69, 9.17) is 4.52 Å². The lowest BCUT2D eigenvalue weighted by atomic mass is 10.1. The Morgan fingerprint density at radius 2 is 1.65 bits per heavy atom. The molecule has 0 saturated heterocycles. The quantitative estimate of drug-likeness (QED) is 0.451. The van der Waals surface area contributed by atoms with Crippen molar-refractivity contribution in [1.82, 2.24) is 0 Å². The Morgan fingerprint density at radius 1 is 1.00 bits per heavy atom. The van der Waals surface area contributed by atoms with Gasteiger partial charge >= 0.3 is 0 Å². The second-order valence-corrected chi connectivity index (χ2v) is 6.47. The Bertz CT molecular complexity index is 268. The van der Waals surface area contributed by atoms with Crippen LogP contribution in [-0.4, -0.2) is 18.9 Å². The van der Waals surface area contributed by atoms with Crippen LogP contribution in [0.2, 0.25) is 0 Å². The van der Waals surface area contributed by atoms with E-state index >= 15 is 0 Å². The number of rotatable bonds is 9. The van der Waals surface area contributed by atoms with E-state index in [1.165, 1.54) is 30.7 Å². The fraction of sp³-hybridized carbons (Fsp3) is 0.600. The molecule has 1 aromatic rings. The highest BCUT2D eigenvalue weighted by Gasteiger charge is 2.06. The van der Waals surface area contributed by atoms with Gasteiger partial charge in [-0.15, -0.1) is 0 Å². The molecule has 1 nitrogen and oxygen atoms in total. The van der Waals surface area contributed by atoms with Crippen LogP contribution >= 0.6 is 8.15 Å². The molecule has 0 atom stereocenters. The molecule has 0 N–H and O–H groups in total. The van der Waals surface area contributed by atoms with Crippen molar-refractivity contribution in [1.29, 1.82) is 0 Å². The Kier molecular flexibility index (Phi) is 8.30. The molecule has 1 rings (SSSR count). The summed E-state index contributed by atoms with van der Waals surface area (Å²) < 4.78 is 6.01. The van der Waals surface area contributed by atoms with Crippen molar-refractivity contribution in [2.75, 3.05) is 18.9 Å². The molecule has 0 fully saturated rings. The van der Waals surface area contributed by atoms with Crippen molar-refractivity contribution >= 4 is 8.15 Å². The highest BCUT2D eigenvalue weighted by Crippen LogP contribution is 2.38. The van der Waals surface area contributed by atoms with Crippen molar-refractivity contribution < 1.29 is 4.52 Å². The van der Waals surface area contributed by atoms with Crippen LogP contribution in [0.25, 0.3) is 0 Å². The Hall–Kier alpha value is -0.390. The van der Waals surface area contributed by atoms with Gasteiger partial charge in [0.25, 0.3) is 0 Å². The summed E-state index contributed by atoms with van der Waals surface area (Å²) in [5, 5.41) is 0. The van der Waals surface area contributed by atoms with Crippen molar-refractivity contribution in [3.63, 3.8) is 0 Å². The van der Waals surface area contributed by atoms with E-state index in [1.807, 2.05) is 0 Å². The minimum absolute atomic E-state index is 0.141. The monoisotopic (exact) mass is 252 g/mol. The van der Waals surface area contributed by atoms with Crippen molar-refractivity contribution in [3.05, 3.63) is 35.9 Å². The van der Waals surface area contributed by atoms with Crippen molar-refractivity contribution in [2.45, 2.75) is 39.5 Å². The maximum Gasteiger partial charge on any atom is 0.0512 e. The first-order valence-electron chi connectivity index (χ1n) is 6.78. The van der Waals surface area contributed by atoms with Gasteiger partial charge in [-0.2, -0.15) is 0 Å². The summed E-state index contributed by atoms with van der Waals surface area (Å²) >= 11 is 0. The SMILES string of the molecule is CCCP(CCC)OCCCc1ccccc1. The lowest BCUT2D eigenvalue weighted by molar-refractivity contribution is 0.343. The van der Waals surface area contributed by atoms with Gasteiger partial charge in [0.2, 0.25) is 0 Å². The first-order chi connectivity index (χ1) is 8.36. The molecule has 0 amide bonds. The highest BCUT2D eigenvalue weighted by molar-refractivity contribution is 7.52. The van der Waals surface area contributed by atoms with Crippen LogP contribution in [0.1, 0.15) is 38.7 Å².